The molecule has 3 aromatic carbocycles. The second-order valence-corrected chi connectivity index (χ2v) is 7.06. The zero-order chi connectivity index (χ0) is 19.3. The summed E-state index contributed by atoms with van der Waals surface area (Å²) in [6.45, 7) is 2.70. The highest BCUT2D eigenvalue weighted by atomic mass is 35.5. The van der Waals surface area contributed by atoms with Crippen LogP contribution in [0.2, 0.25) is 5.02 Å². The standard InChI is InChI=1S/C22H23ClN2O2/c1-22(27-2,18-10-6-11-19(23)13-18)15-25-21(26)24-14-17-9-5-8-16-7-3-4-12-20(16)17/h3-13H,14-15H2,1-2H3,(H2,24,25,26). The summed E-state index contributed by atoms with van der Waals surface area (Å²) in [6.07, 6.45) is 0. The molecule has 0 heterocycles. The van der Waals surface area contributed by atoms with Crippen molar-refractivity contribution < 1.29 is 9.53 Å². The molecule has 4 nitrogen and oxygen atoms in total. The molecule has 0 aliphatic heterocycles. The van der Waals surface area contributed by atoms with Gasteiger partial charge in [0.1, 0.15) is 5.60 Å². The van der Waals surface area contributed by atoms with E-state index in [1.807, 2.05) is 55.5 Å². The Bertz CT molecular complexity index is 939. The van der Waals surface area contributed by atoms with Crippen molar-refractivity contribution >= 4 is 28.4 Å². The Morgan fingerprint density at radius 2 is 1.78 bits per heavy atom. The highest BCUT2D eigenvalue weighted by molar-refractivity contribution is 6.30. The minimum atomic E-state index is -0.665. The zero-order valence-electron chi connectivity index (χ0n) is 15.5. The molecular weight excluding hydrogens is 360 g/mol. The lowest BCUT2D eigenvalue weighted by Crippen LogP contribution is -2.44. The normalized spacial score (nSPS) is 13.1. The summed E-state index contributed by atoms with van der Waals surface area (Å²) in [4.78, 5) is 12.3. The fourth-order valence-electron chi connectivity index (χ4n) is 3.04. The predicted octanol–water partition coefficient (Wildman–Crippen LogP) is 4.85. The number of urea groups is 1. The van der Waals surface area contributed by atoms with Gasteiger partial charge >= 0.3 is 6.03 Å². The molecule has 2 amide bonds. The van der Waals surface area contributed by atoms with Crippen molar-refractivity contribution in [2.45, 2.75) is 19.1 Å². The lowest BCUT2D eigenvalue weighted by atomic mass is 9.96. The van der Waals surface area contributed by atoms with Crippen molar-refractivity contribution in [3.05, 3.63) is 82.9 Å². The molecule has 0 bridgehead atoms. The molecule has 27 heavy (non-hydrogen) atoms. The van der Waals surface area contributed by atoms with E-state index in [-0.39, 0.29) is 6.03 Å². The third-order valence-electron chi connectivity index (χ3n) is 4.79. The maximum atomic E-state index is 12.3. The van der Waals surface area contributed by atoms with Gasteiger partial charge in [-0.05, 0) is 41.0 Å². The van der Waals surface area contributed by atoms with Crippen LogP contribution in [0.25, 0.3) is 10.8 Å². The van der Waals surface area contributed by atoms with Crippen molar-refractivity contribution in [1.29, 1.82) is 0 Å². The van der Waals surface area contributed by atoms with Gasteiger partial charge in [0.2, 0.25) is 0 Å². The molecule has 5 heteroatoms. The number of nitrogens with one attached hydrogen (secondary N) is 2. The quantitative estimate of drug-likeness (QED) is 0.640. The third-order valence-corrected chi connectivity index (χ3v) is 5.03. The fraction of sp³-hybridized carbons (Fsp3) is 0.227. The lowest BCUT2D eigenvalue weighted by Gasteiger charge is -2.29. The number of rotatable bonds is 6. The van der Waals surface area contributed by atoms with E-state index in [0.29, 0.717) is 18.1 Å². The molecule has 1 atom stereocenters. The first kappa shape index (κ1) is 19.2. The maximum Gasteiger partial charge on any atom is 0.315 e. The summed E-state index contributed by atoms with van der Waals surface area (Å²) < 4.78 is 5.65. The van der Waals surface area contributed by atoms with Gasteiger partial charge in [0, 0.05) is 18.7 Å². The molecule has 0 spiro atoms. The maximum absolute atomic E-state index is 12.3. The van der Waals surface area contributed by atoms with Gasteiger partial charge in [-0.15, -0.1) is 0 Å². The molecule has 0 saturated heterocycles. The largest absolute Gasteiger partial charge is 0.372 e. The summed E-state index contributed by atoms with van der Waals surface area (Å²) >= 11 is 6.08. The Balaban J connectivity index is 1.62. The number of methoxy groups -OCH3 is 1. The first-order valence-corrected chi connectivity index (χ1v) is 9.19. The number of hydrogen-bond acceptors (Lipinski definition) is 2. The fourth-order valence-corrected chi connectivity index (χ4v) is 3.23. The molecule has 3 rings (SSSR count). The molecule has 0 aliphatic carbocycles. The predicted molar refractivity (Wildman–Crippen MR) is 110 cm³/mol. The number of amides is 2. The average molecular weight is 383 g/mol. The first-order chi connectivity index (χ1) is 13.0. The smallest absolute Gasteiger partial charge is 0.315 e. The summed E-state index contributed by atoms with van der Waals surface area (Å²) in [7, 11) is 1.62. The second-order valence-electron chi connectivity index (χ2n) is 6.62. The van der Waals surface area contributed by atoms with Crippen molar-refractivity contribution in [3.8, 4) is 0 Å². The minimum Gasteiger partial charge on any atom is -0.372 e. The van der Waals surface area contributed by atoms with E-state index in [1.54, 1.807) is 7.11 Å². The van der Waals surface area contributed by atoms with Gasteiger partial charge in [-0.1, -0.05) is 66.2 Å². The van der Waals surface area contributed by atoms with Crippen molar-refractivity contribution in [1.82, 2.24) is 10.6 Å². The van der Waals surface area contributed by atoms with Gasteiger partial charge in [0.25, 0.3) is 0 Å². The van der Waals surface area contributed by atoms with E-state index in [0.717, 1.165) is 21.9 Å². The number of benzene rings is 3. The number of ether oxygens (including phenoxy) is 1. The van der Waals surface area contributed by atoms with Gasteiger partial charge in [-0.3, -0.25) is 0 Å². The van der Waals surface area contributed by atoms with Crippen molar-refractivity contribution in [2.24, 2.45) is 0 Å². The Kier molecular flexibility index (Phi) is 5.99. The summed E-state index contributed by atoms with van der Waals surface area (Å²) in [5, 5.41) is 8.74. The average Bonchev–Trinajstić information content (AvgIpc) is 2.70. The van der Waals surface area contributed by atoms with Crippen molar-refractivity contribution in [2.75, 3.05) is 13.7 Å². The molecule has 140 valence electrons. The Hall–Kier alpha value is -2.56. The Labute approximate surface area is 164 Å². The van der Waals surface area contributed by atoms with Crippen LogP contribution in [0.1, 0.15) is 18.1 Å². The van der Waals surface area contributed by atoms with Crippen LogP contribution < -0.4 is 10.6 Å². The zero-order valence-corrected chi connectivity index (χ0v) is 16.2. The number of halogens is 1. The van der Waals surface area contributed by atoms with Crippen LogP contribution in [0.4, 0.5) is 4.79 Å². The molecule has 0 aromatic heterocycles. The van der Waals surface area contributed by atoms with Crippen LogP contribution in [0.15, 0.2) is 66.7 Å². The highest BCUT2D eigenvalue weighted by Gasteiger charge is 2.27. The van der Waals surface area contributed by atoms with Gasteiger partial charge in [0.05, 0.1) is 6.54 Å². The van der Waals surface area contributed by atoms with Gasteiger partial charge < -0.3 is 15.4 Å². The van der Waals surface area contributed by atoms with Crippen LogP contribution >= 0.6 is 11.6 Å². The number of carbonyl (C=O) groups excluding carboxylic acids is 1. The van der Waals surface area contributed by atoms with Crippen molar-refractivity contribution in [3.63, 3.8) is 0 Å². The SMILES string of the molecule is COC(C)(CNC(=O)NCc1cccc2ccccc12)c1cccc(Cl)c1. The third kappa shape index (κ3) is 4.59. The summed E-state index contributed by atoms with van der Waals surface area (Å²) in [5.74, 6) is 0. The highest BCUT2D eigenvalue weighted by Crippen LogP contribution is 2.26. The lowest BCUT2D eigenvalue weighted by molar-refractivity contribution is 0.00488. The van der Waals surface area contributed by atoms with E-state index >= 15 is 0 Å². The van der Waals surface area contributed by atoms with Gasteiger partial charge in [-0.25, -0.2) is 4.79 Å². The molecule has 2 N–H and O–H groups in total. The molecular formula is C22H23ClN2O2. The summed E-state index contributed by atoms with van der Waals surface area (Å²) in [6, 6.07) is 21.4. The first-order valence-electron chi connectivity index (χ1n) is 8.81. The topological polar surface area (TPSA) is 50.4 Å². The van der Waals surface area contributed by atoms with E-state index in [1.165, 1.54) is 0 Å². The van der Waals surface area contributed by atoms with E-state index in [4.69, 9.17) is 16.3 Å². The Morgan fingerprint density at radius 3 is 2.56 bits per heavy atom. The number of hydrogen-bond donors (Lipinski definition) is 2. The van der Waals surface area contributed by atoms with E-state index < -0.39 is 5.60 Å². The molecule has 1 unspecified atom stereocenters. The monoisotopic (exact) mass is 382 g/mol. The number of carbonyl (C=O) groups is 1. The van der Waals surface area contributed by atoms with Gasteiger partial charge in [0.15, 0.2) is 0 Å². The van der Waals surface area contributed by atoms with E-state index in [9.17, 15) is 4.79 Å². The van der Waals surface area contributed by atoms with E-state index in [2.05, 4.69) is 28.8 Å². The van der Waals surface area contributed by atoms with Crippen LogP contribution in [0.5, 0.6) is 0 Å². The molecule has 0 radical (unpaired) electrons. The van der Waals surface area contributed by atoms with Crippen LogP contribution in [0, 0.1) is 0 Å². The van der Waals surface area contributed by atoms with Crippen LogP contribution in [-0.4, -0.2) is 19.7 Å². The molecule has 0 fully saturated rings. The number of fused-ring (bicyclic) bond motifs is 1. The second kappa shape index (κ2) is 8.42. The minimum absolute atomic E-state index is 0.242. The molecule has 3 aromatic rings. The molecule has 0 saturated carbocycles. The van der Waals surface area contributed by atoms with Crippen LogP contribution in [-0.2, 0) is 16.9 Å². The summed E-state index contributed by atoms with van der Waals surface area (Å²) in [5.41, 5.74) is 1.32. The van der Waals surface area contributed by atoms with Crippen LogP contribution in [0.3, 0.4) is 0 Å². The Morgan fingerprint density at radius 1 is 1.04 bits per heavy atom. The van der Waals surface area contributed by atoms with Gasteiger partial charge in [-0.2, -0.15) is 0 Å². The molecule has 0 aliphatic rings.